The molecule has 0 aromatic heterocycles. The molecule has 0 saturated heterocycles. The summed E-state index contributed by atoms with van der Waals surface area (Å²) in [5.74, 6) is 0.501. The number of hydrogen-bond donors (Lipinski definition) is 2. The van der Waals surface area contributed by atoms with Crippen LogP contribution in [0.3, 0.4) is 0 Å². The standard InChI is InChI=1S/C14H29N3O2.ClH/c1-11(2)9-14(3,10-15)16-12(18)7-6-8-13(19)17(4)5;/h11H,6-10,15H2,1-5H3,(H,16,18);1H. The Morgan fingerprint density at radius 2 is 1.80 bits per heavy atom. The van der Waals surface area contributed by atoms with Crippen LogP contribution in [0, 0.1) is 5.92 Å². The van der Waals surface area contributed by atoms with Crippen LogP contribution in [-0.2, 0) is 9.59 Å². The maximum absolute atomic E-state index is 11.9. The fraction of sp³-hybridized carbons (Fsp3) is 0.857. The largest absolute Gasteiger partial charge is 0.350 e. The van der Waals surface area contributed by atoms with Gasteiger partial charge in [0.05, 0.1) is 0 Å². The highest BCUT2D eigenvalue weighted by Crippen LogP contribution is 2.15. The molecule has 1 atom stereocenters. The maximum Gasteiger partial charge on any atom is 0.222 e. The lowest BCUT2D eigenvalue weighted by Crippen LogP contribution is -2.52. The van der Waals surface area contributed by atoms with E-state index in [1.165, 1.54) is 0 Å². The molecule has 5 nitrogen and oxygen atoms in total. The van der Waals surface area contributed by atoms with Gasteiger partial charge in [-0.2, -0.15) is 0 Å². The van der Waals surface area contributed by atoms with Gasteiger partial charge in [0.15, 0.2) is 0 Å². The van der Waals surface area contributed by atoms with Crippen LogP contribution in [0.2, 0.25) is 0 Å². The second-order valence-corrected chi connectivity index (χ2v) is 6.05. The Labute approximate surface area is 129 Å². The zero-order valence-corrected chi connectivity index (χ0v) is 14.2. The van der Waals surface area contributed by atoms with E-state index in [4.69, 9.17) is 5.73 Å². The van der Waals surface area contributed by atoms with Crippen molar-refractivity contribution in [3.8, 4) is 0 Å². The van der Waals surface area contributed by atoms with Gasteiger partial charge in [-0.05, 0) is 25.7 Å². The Kier molecular flexibility index (Phi) is 10.7. The molecule has 20 heavy (non-hydrogen) atoms. The molecule has 0 aromatic rings. The molecule has 0 spiro atoms. The number of carbonyl (C=O) groups is 2. The Morgan fingerprint density at radius 1 is 1.25 bits per heavy atom. The summed E-state index contributed by atoms with van der Waals surface area (Å²) in [4.78, 5) is 24.8. The van der Waals surface area contributed by atoms with Crippen LogP contribution in [0.4, 0.5) is 0 Å². The molecule has 0 saturated carbocycles. The van der Waals surface area contributed by atoms with Gasteiger partial charge in [0.1, 0.15) is 0 Å². The molecule has 1 unspecified atom stereocenters. The molecule has 6 heteroatoms. The lowest BCUT2D eigenvalue weighted by molar-refractivity contribution is -0.129. The van der Waals surface area contributed by atoms with E-state index in [0.29, 0.717) is 31.7 Å². The molecular formula is C14H30ClN3O2. The van der Waals surface area contributed by atoms with Crippen LogP contribution in [0.1, 0.15) is 46.5 Å². The van der Waals surface area contributed by atoms with Gasteiger partial charge >= 0.3 is 0 Å². The molecular weight excluding hydrogens is 278 g/mol. The zero-order valence-electron chi connectivity index (χ0n) is 13.4. The third-order valence-corrected chi connectivity index (χ3v) is 3.04. The van der Waals surface area contributed by atoms with Gasteiger partial charge < -0.3 is 16.0 Å². The molecule has 0 aliphatic heterocycles. The molecule has 0 aromatic carbocycles. The normalized spacial score (nSPS) is 13.3. The molecule has 0 rings (SSSR count). The number of nitrogens with two attached hydrogens (primary N) is 1. The van der Waals surface area contributed by atoms with Crippen LogP contribution in [0.25, 0.3) is 0 Å². The van der Waals surface area contributed by atoms with E-state index in [-0.39, 0.29) is 29.8 Å². The first-order valence-electron chi connectivity index (χ1n) is 6.91. The number of rotatable bonds is 8. The van der Waals surface area contributed by atoms with Gasteiger partial charge in [-0.25, -0.2) is 0 Å². The molecule has 120 valence electrons. The molecule has 0 heterocycles. The predicted octanol–water partition coefficient (Wildman–Crippen LogP) is 1.55. The molecule has 0 radical (unpaired) electrons. The van der Waals surface area contributed by atoms with Crippen LogP contribution < -0.4 is 11.1 Å². The second kappa shape index (κ2) is 10.00. The van der Waals surface area contributed by atoms with Crippen molar-refractivity contribution in [1.82, 2.24) is 10.2 Å². The monoisotopic (exact) mass is 307 g/mol. The lowest BCUT2D eigenvalue weighted by atomic mass is 9.90. The van der Waals surface area contributed by atoms with Crippen molar-refractivity contribution < 1.29 is 9.59 Å². The summed E-state index contributed by atoms with van der Waals surface area (Å²) in [7, 11) is 3.44. The topological polar surface area (TPSA) is 75.4 Å². The number of amides is 2. The van der Waals surface area contributed by atoms with E-state index in [2.05, 4.69) is 19.2 Å². The summed E-state index contributed by atoms with van der Waals surface area (Å²) in [6.45, 7) is 6.61. The van der Waals surface area contributed by atoms with Crippen molar-refractivity contribution >= 4 is 24.2 Å². The number of hydrogen-bond acceptors (Lipinski definition) is 3. The van der Waals surface area contributed by atoms with Gasteiger partial charge in [0.2, 0.25) is 11.8 Å². The van der Waals surface area contributed by atoms with Gasteiger partial charge in [0, 0.05) is 39.0 Å². The van der Waals surface area contributed by atoms with Crippen LogP contribution in [0.15, 0.2) is 0 Å². The summed E-state index contributed by atoms with van der Waals surface area (Å²) in [6, 6.07) is 0. The Bertz CT molecular complexity index is 309. The molecule has 0 bridgehead atoms. The maximum atomic E-state index is 11.9. The quantitative estimate of drug-likeness (QED) is 0.714. The molecule has 0 fully saturated rings. The van der Waals surface area contributed by atoms with Crippen LogP contribution in [0.5, 0.6) is 0 Å². The Hall–Kier alpha value is -0.810. The number of halogens is 1. The first-order chi connectivity index (χ1) is 8.70. The molecule has 0 aliphatic carbocycles. The Morgan fingerprint density at radius 3 is 2.20 bits per heavy atom. The van der Waals surface area contributed by atoms with E-state index in [0.717, 1.165) is 6.42 Å². The van der Waals surface area contributed by atoms with Gasteiger partial charge in [-0.15, -0.1) is 12.4 Å². The van der Waals surface area contributed by atoms with Gasteiger partial charge in [-0.3, -0.25) is 9.59 Å². The number of nitrogens with one attached hydrogen (secondary N) is 1. The fourth-order valence-corrected chi connectivity index (χ4v) is 2.11. The summed E-state index contributed by atoms with van der Waals surface area (Å²) in [6.07, 6.45) is 2.20. The summed E-state index contributed by atoms with van der Waals surface area (Å²) < 4.78 is 0. The minimum atomic E-state index is -0.350. The minimum Gasteiger partial charge on any atom is -0.350 e. The van der Waals surface area contributed by atoms with E-state index in [9.17, 15) is 9.59 Å². The lowest BCUT2D eigenvalue weighted by Gasteiger charge is -2.31. The predicted molar refractivity (Wildman–Crippen MR) is 84.9 cm³/mol. The van der Waals surface area contributed by atoms with E-state index < -0.39 is 0 Å². The first-order valence-corrected chi connectivity index (χ1v) is 6.91. The van der Waals surface area contributed by atoms with Crippen molar-refractivity contribution in [2.24, 2.45) is 11.7 Å². The minimum absolute atomic E-state index is 0. The van der Waals surface area contributed by atoms with Crippen LogP contribution >= 0.6 is 12.4 Å². The third-order valence-electron chi connectivity index (χ3n) is 3.04. The third kappa shape index (κ3) is 9.15. The molecule has 2 amide bonds. The van der Waals surface area contributed by atoms with E-state index in [1.54, 1.807) is 19.0 Å². The second-order valence-electron chi connectivity index (χ2n) is 6.05. The number of nitrogens with zero attached hydrogens (tertiary/aromatic N) is 1. The highest BCUT2D eigenvalue weighted by atomic mass is 35.5. The Balaban J connectivity index is 0. The number of carbonyl (C=O) groups excluding carboxylic acids is 2. The van der Waals surface area contributed by atoms with Crippen LogP contribution in [-0.4, -0.2) is 42.9 Å². The summed E-state index contributed by atoms with van der Waals surface area (Å²) in [5, 5.41) is 2.99. The van der Waals surface area contributed by atoms with Crippen molar-refractivity contribution in [1.29, 1.82) is 0 Å². The average molecular weight is 308 g/mol. The summed E-state index contributed by atoms with van der Waals surface area (Å²) in [5.41, 5.74) is 5.39. The highest BCUT2D eigenvalue weighted by Gasteiger charge is 2.25. The average Bonchev–Trinajstić information content (AvgIpc) is 2.27. The van der Waals surface area contributed by atoms with Gasteiger partial charge in [0.25, 0.3) is 0 Å². The smallest absolute Gasteiger partial charge is 0.222 e. The molecule has 3 N–H and O–H groups in total. The zero-order chi connectivity index (χ0) is 15.1. The van der Waals surface area contributed by atoms with Crippen molar-refractivity contribution in [2.75, 3.05) is 20.6 Å². The molecule has 0 aliphatic rings. The van der Waals surface area contributed by atoms with Crippen molar-refractivity contribution in [3.63, 3.8) is 0 Å². The summed E-state index contributed by atoms with van der Waals surface area (Å²) >= 11 is 0. The first kappa shape index (κ1) is 21.5. The van der Waals surface area contributed by atoms with Crippen molar-refractivity contribution in [2.45, 2.75) is 52.0 Å². The van der Waals surface area contributed by atoms with Gasteiger partial charge in [-0.1, -0.05) is 13.8 Å². The van der Waals surface area contributed by atoms with E-state index >= 15 is 0 Å². The SMILES string of the molecule is CC(C)CC(C)(CN)NC(=O)CCCC(=O)N(C)C.Cl. The fourth-order valence-electron chi connectivity index (χ4n) is 2.11. The van der Waals surface area contributed by atoms with E-state index in [1.807, 2.05) is 6.92 Å². The highest BCUT2D eigenvalue weighted by molar-refractivity contribution is 5.85. The van der Waals surface area contributed by atoms with Crippen molar-refractivity contribution in [3.05, 3.63) is 0 Å².